The monoisotopic (exact) mass is 312 g/mol. The summed E-state index contributed by atoms with van der Waals surface area (Å²) in [5.41, 5.74) is 1.24. The van der Waals surface area contributed by atoms with Gasteiger partial charge in [-0.2, -0.15) is 0 Å². The molecule has 0 aliphatic rings. The van der Waals surface area contributed by atoms with Gasteiger partial charge in [0.25, 0.3) is 0 Å². The molecule has 7 heteroatoms. The molecule has 21 heavy (non-hydrogen) atoms. The Balaban J connectivity index is 2.40. The smallest absolute Gasteiger partial charge is 0.325 e. The maximum atomic E-state index is 11.7. The van der Waals surface area contributed by atoms with Crippen molar-refractivity contribution in [3.05, 3.63) is 28.8 Å². The first-order valence-corrected chi connectivity index (χ1v) is 6.85. The first kappa shape index (κ1) is 17.0. The molecule has 3 N–H and O–H groups in total. The van der Waals surface area contributed by atoms with Gasteiger partial charge in [-0.15, -0.1) is 0 Å². The average Bonchev–Trinajstić information content (AvgIpc) is 2.39. The number of carbonyl (C=O) groups excluding carboxylic acids is 2. The van der Waals surface area contributed by atoms with E-state index < -0.39 is 17.9 Å². The third-order valence-electron chi connectivity index (χ3n) is 2.76. The Hall–Kier alpha value is -2.08. The number of para-hydroxylation sites is 1. The highest BCUT2D eigenvalue weighted by Gasteiger charge is 2.11. The number of hydrogen-bond donors (Lipinski definition) is 3. The first-order valence-electron chi connectivity index (χ1n) is 6.48. The number of benzene rings is 1. The van der Waals surface area contributed by atoms with Gasteiger partial charge in [0.05, 0.1) is 10.7 Å². The molecule has 1 rings (SSSR count). The third kappa shape index (κ3) is 6.27. The quantitative estimate of drug-likeness (QED) is 0.704. The minimum absolute atomic E-state index is 0.0122. The molecule has 3 amide bonds. The highest BCUT2D eigenvalue weighted by atomic mass is 35.5. The van der Waals surface area contributed by atoms with Crippen molar-refractivity contribution >= 4 is 35.2 Å². The van der Waals surface area contributed by atoms with E-state index in [1.807, 2.05) is 0 Å². The predicted molar refractivity (Wildman–Crippen MR) is 79.5 cm³/mol. The summed E-state index contributed by atoms with van der Waals surface area (Å²) in [6.45, 7) is 1.79. The van der Waals surface area contributed by atoms with Crippen LogP contribution in [0, 0.1) is 6.92 Å². The van der Waals surface area contributed by atoms with Gasteiger partial charge in [0, 0.05) is 12.8 Å². The third-order valence-corrected chi connectivity index (χ3v) is 3.07. The van der Waals surface area contributed by atoms with Crippen LogP contribution in [-0.2, 0) is 9.59 Å². The number of aryl methyl sites for hydroxylation is 1. The molecule has 0 aromatic heterocycles. The number of rotatable bonds is 6. The van der Waals surface area contributed by atoms with Gasteiger partial charge in [0.15, 0.2) is 0 Å². The molecule has 0 unspecified atom stereocenters. The Morgan fingerprint density at radius 1 is 1.19 bits per heavy atom. The Kier molecular flexibility index (Phi) is 6.68. The number of aliphatic carboxylic acids is 1. The number of hydrogen-bond acceptors (Lipinski definition) is 3. The van der Waals surface area contributed by atoms with Gasteiger partial charge < -0.3 is 10.4 Å². The molecular formula is C14H17ClN2O4. The number of imide groups is 1. The van der Waals surface area contributed by atoms with E-state index in [4.69, 9.17) is 16.7 Å². The normalized spacial score (nSPS) is 10.0. The summed E-state index contributed by atoms with van der Waals surface area (Å²) >= 11 is 5.96. The van der Waals surface area contributed by atoms with Crippen molar-refractivity contribution < 1.29 is 19.5 Å². The molecule has 0 aliphatic heterocycles. The van der Waals surface area contributed by atoms with Crippen molar-refractivity contribution in [2.75, 3.05) is 5.32 Å². The molecule has 0 aliphatic carbocycles. The summed E-state index contributed by atoms with van der Waals surface area (Å²) < 4.78 is 0. The van der Waals surface area contributed by atoms with Crippen LogP contribution in [0.2, 0.25) is 5.02 Å². The van der Waals surface area contributed by atoms with Crippen LogP contribution in [0.25, 0.3) is 0 Å². The Bertz CT molecular complexity index is 526. The molecule has 0 radical (unpaired) electrons. The lowest BCUT2D eigenvalue weighted by atomic mass is 10.2. The van der Waals surface area contributed by atoms with Crippen molar-refractivity contribution in [2.24, 2.45) is 0 Å². The Morgan fingerprint density at radius 2 is 1.86 bits per heavy atom. The largest absolute Gasteiger partial charge is 0.481 e. The van der Waals surface area contributed by atoms with Crippen LogP contribution in [0.5, 0.6) is 0 Å². The molecule has 0 heterocycles. The van der Waals surface area contributed by atoms with Gasteiger partial charge >= 0.3 is 12.0 Å². The molecule has 6 nitrogen and oxygen atoms in total. The van der Waals surface area contributed by atoms with Crippen LogP contribution in [-0.4, -0.2) is 23.0 Å². The van der Waals surface area contributed by atoms with Gasteiger partial charge in [-0.3, -0.25) is 14.9 Å². The van der Waals surface area contributed by atoms with Gasteiger partial charge in [0.2, 0.25) is 5.91 Å². The second-order valence-electron chi connectivity index (χ2n) is 4.53. The fourth-order valence-corrected chi connectivity index (χ4v) is 1.95. The minimum Gasteiger partial charge on any atom is -0.481 e. The second kappa shape index (κ2) is 8.26. The maximum Gasteiger partial charge on any atom is 0.325 e. The number of anilines is 1. The topological polar surface area (TPSA) is 95.5 Å². The van der Waals surface area contributed by atoms with Crippen LogP contribution < -0.4 is 10.6 Å². The number of urea groups is 1. The molecule has 0 atom stereocenters. The first-order chi connectivity index (χ1) is 9.90. The lowest BCUT2D eigenvalue weighted by Gasteiger charge is -2.10. The zero-order chi connectivity index (χ0) is 15.8. The van der Waals surface area contributed by atoms with E-state index in [2.05, 4.69) is 10.6 Å². The van der Waals surface area contributed by atoms with Crippen molar-refractivity contribution in [3.8, 4) is 0 Å². The van der Waals surface area contributed by atoms with Crippen molar-refractivity contribution in [2.45, 2.75) is 32.6 Å². The van der Waals surface area contributed by atoms with Crippen molar-refractivity contribution in [3.63, 3.8) is 0 Å². The van der Waals surface area contributed by atoms with E-state index in [9.17, 15) is 14.4 Å². The zero-order valence-electron chi connectivity index (χ0n) is 11.6. The number of carboxylic acid groups (broad SMARTS) is 1. The van der Waals surface area contributed by atoms with Gasteiger partial charge in [0.1, 0.15) is 0 Å². The standard InChI is InChI=1S/C14H17ClN2O4/c1-9-5-4-6-10(15)13(9)17-14(21)16-11(18)7-2-3-8-12(19)20/h4-6H,2-3,7-8H2,1H3,(H,19,20)(H2,16,17,18,21). The number of halogens is 1. The van der Waals surface area contributed by atoms with Crippen molar-refractivity contribution in [1.82, 2.24) is 5.32 Å². The molecule has 114 valence electrons. The van der Waals surface area contributed by atoms with Crippen LogP contribution in [0.3, 0.4) is 0 Å². The van der Waals surface area contributed by atoms with E-state index in [0.29, 0.717) is 23.6 Å². The Labute approximate surface area is 127 Å². The number of unbranched alkanes of at least 4 members (excludes halogenated alkanes) is 1. The van der Waals surface area contributed by atoms with Crippen molar-refractivity contribution in [1.29, 1.82) is 0 Å². The summed E-state index contributed by atoms with van der Waals surface area (Å²) in [7, 11) is 0. The van der Waals surface area contributed by atoms with E-state index in [1.165, 1.54) is 0 Å². The van der Waals surface area contributed by atoms with Crippen LogP contribution in [0.4, 0.5) is 10.5 Å². The second-order valence-corrected chi connectivity index (χ2v) is 4.94. The van der Waals surface area contributed by atoms with E-state index in [0.717, 1.165) is 5.56 Å². The van der Waals surface area contributed by atoms with Crippen LogP contribution >= 0.6 is 11.6 Å². The fourth-order valence-electron chi connectivity index (χ4n) is 1.69. The highest BCUT2D eigenvalue weighted by molar-refractivity contribution is 6.34. The molecule has 1 aromatic rings. The summed E-state index contributed by atoms with van der Waals surface area (Å²) in [4.78, 5) is 33.5. The average molecular weight is 313 g/mol. The molecule has 0 fully saturated rings. The highest BCUT2D eigenvalue weighted by Crippen LogP contribution is 2.24. The lowest BCUT2D eigenvalue weighted by Crippen LogP contribution is -2.34. The van der Waals surface area contributed by atoms with E-state index >= 15 is 0 Å². The summed E-state index contributed by atoms with van der Waals surface area (Å²) in [5.74, 6) is -1.36. The maximum absolute atomic E-state index is 11.7. The van der Waals surface area contributed by atoms with E-state index in [1.54, 1.807) is 25.1 Å². The van der Waals surface area contributed by atoms with Gasteiger partial charge in [-0.1, -0.05) is 23.7 Å². The molecule has 0 saturated heterocycles. The SMILES string of the molecule is Cc1cccc(Cl)c1NC(=O)NC(=O)CCCCC(=O)O. The summed E-state index contributed by atoms with van der Waals surface area (Å²) in [6, 6.07) is 4.52. The Morgan fingerprint density at radius 3 is 2.48 bits per heavy atom. The number of carbonyl (C=O) groups is 3. The lowest BCUT2D eigenvalue weighted by molar-refractivity contribution is -0.137. The number of nitrogens with one attached hydrogen (secondary N) is 2. The molecule has 0 bridgehead atoms. The molecular weight excluding hydrogens is 296 g/mol. The van der Waals surface area contributed by atoms with Gasteiger partial charge in [-0.25, -0.2) is 4.79 Å². The predicted octanol–water partition coefficient (Wildman–Crippen LogP) is 2.94. The summed E-state index contributed by atoms with van der Waals surface area (Å²) in [6.07, 6.45) is 0.922. The fraction of sp³-hybridized carbons (Fsp3) is 0.357. The minimum atomic E-state index is -0.901. The number of amides is 3. The van der Waals surface area contributed by atoms with Crippen LogP contribution in [0.15, 0.2) is 18.2 Å². The molecule has 0 spiro atoms. The number of carboxylic acids is 1. The van der Waals surface area contributed by atoms with Gasteiger partial charge in [-0.05, 0) is 31.4 Å². The molecule has 0 saturated carbocycles. The molecule has 1 aromatic carbocycles. The zero-order valence-corrected chi connectivity index (χ0v) is 12.4. The van der Waals surface area contributed by atoms with Crippen LogP contribution in [0.1, 0.15) is 31.2 Å². The van der Waals surface area contributed by atoms with E-state index in [-0.39, 0.29) is 12.8 Å². The summed E-state index contributed by atoms with van der Waals surface area (Å²) in [5, 5.41) is 13.5.